The van der Waals surface area contributed by atoms with Crippen molar-refractivity contribution in [3.05, 3.63) is 59.8 Å². The first-order valence-electron chi connectivity index (χ1n) is 9.60. The lowest BCUT2D eigenvalue weighted by Gasteiger charge is -2.18. The highest BCUT2D eigenvalue weighted by Gasteiger charge is 2.13. The number of nitrogens with one attached hydrogen (secondary N) is 2. The fourth-order valence-electron chi connectivity index (χ4n) is 3.29. The number of pyridine rings is 1. The molecule has 1 fully saturated rings. The monoisotopic (exact) mass is 495 g/mol. The maximum Gasteiger partial charge on any atom is 0.191 e. The molecule has 1 atom stereocenters. The summed E-state index contributed by atoms with van der Waals surface area (Å²) in [7, 11) is 1.75. The second kappa shape index (κ2) is 11.9. The summed E-state index contributed by atoms with van der Waals surface area (Å²) in [5, 5.41) is 16.3. The van der Waals surface area contributed by atoms with Crippen molar-refractivity contribution in [1.82, 2.24) is 15.6 Å². The second-order valence-electron chi connectivity index (χ2n) is 6.82. The number of aliphatic hydroxyl groups excluding tert-OH is 1. The number of aliphatic imine (C=N–C) groups is 1. The molecule has 7 heteroatoms. The van der Waals surface area contributed by atoms with E-state index in [9.17, 15) is 5.11 Å². The molecule has 1 aromatic carbocycles. The maximum absolute atomic E-state index is 9.68. The number of anilines is 1. The van der Waals surface area contributed by atoms with Crippen molar-refractivity contribution < 1.29 is 5.11 Å². The largest absolute Gasteiger partial charge is 0.396 e. The van der Waals surface area contributed by atoms with Gasteiger partial charge in [0.1, 0.15) is 5.82 Å². The summed E-state index contributed by atoms with van der Waals surface area (Å²) in [6.07, 6.45) is 4.43. The Hall–Kier alpha value is -1.87. The molecule has 1 aliphatic heterocycles. The Morgan fingerprint density at radius 1 is 1.14 bits per heavy atom. The summed E-state index contributed by atoms with van der Waals surface area (Å²) in [6, 6.07) is 14.2. The third kappa shape index (κ3) is 6.34. The van der Waals surface area contributed by atoms with Crippen LogP contribution in [-0.2, 0) is 6.54 Å². The van der Waals surface area contributed by atoms with Crippen LogP contribution in [0.5, 0.6) is 0 Å². The molecule has 1 saturated heterocycles. The van der Waals surface area contributed by atoms with Crippen LogP contribution in [0.25, 0.3) is 0 Å². The van der Waals surface area contributed by atoms with Crippen molar-refractivity contribution >= 4 is 35.8 Å². The predicted molar refractivity (Wildman–Crippen MR) is 126 cm³/mol. The van der Waals surface area contributed by atoms with Crippen LogP contribution >= 0.6 is 24.0 Å². The summed E-state index contributed by atoms with van der Waals surface area (Å²) in [5.41, 5.74) is 2.23. The highest BCUT2D eigenvalue weighted by Crippen LogP contribution is 2.17. The maximum atomic E-state index is 9.68. The number of hydrogen-bond donors (Lipinski definition) is 3. The molecular weight excluding hydrogens is 465 g/mol. The van der Waals surface area contributed by atoms with Gasteiger partial charge in [-0.2, -0.15) is 0 Å². The Labute approximate surface area is 184 Å². The first-order valence-corrected chi connectivity index (χ1v) is 9.60. The van der Waals surface area contributed by atoms with E-state index in [0.717, 1.165) is 30.0 Å². The molecule has 3 N–H and O–H groups in total. The molecule has 0 amide bonds. The molecule has 2 heterocycles. The van der Waals surface area contributed by atoms with Gasteiger partial charge in [0, 0.05) is 45.3 Å². The zero-order valence-electron chi connectivity index (χ0n) is 16.3. The Balaban J connectivity index is 0.00000280. The van der Waals surface area contributed by atoms with Gasteiger partial charge in [-0.25, -0.2) is 4.98 Å². The molecule has 0 saturated carbocycles. The molecular formula is C21H30IN5O. The van der Waals surface area contributed by atoms with E-state index in [2.05, 4.69) is 37.6 Å². The van der Waals surface area contributed by atoms with E-state index >= 15 is 0 Å². The first kappa shape index (κ1) is 22.4. The average molecular weight is 495 g/mol. The van der Waals surface area contributed by atoms with Gasteiger partial charge in [0.05, 0.1) is 6.61 Å². The lowest BCUT2D eigenvalue weighted by molar-refractivity contribution is 0.265. The SMILES string of the molecule is CN=C(NCc1ccc(N2CCCC2)nc1)NCC(CO)c1ccccc1.I. The van der Waals surface area contributed by atoms with E-state index in [1.54, 1.807) is 7.05 Å². The number of hydrogen-bond acceptors (Lipinski definition) is 4. The van der Waals surface area contributed by atoms with E-state index in [4.69, 9.17) is 0 Å². The zero-order chi connectivity index (χ0) is 18.9. The Bertz CT molecular complexity index is 717. The molecule has 1 aromatic heterocycles. The number of guanidine groups is 1. The van der Waals surface area contributed by atoms with Crippen molar-refractivity contribution in [1.29, 1.82) is 0 Å². The smallest absolute Gasteiger partial charge is 0.191 e. The minimum atomic E-state index is 0. The number of rotatable bonds is 7. The number of nitrogens with zero attached hydrogens (tertiary/aromatic N) is 3. The molecule has 28 heavy (non-hydrogen) atoms. The van der Waals surface area contributed by atoms with Gasteiger partial charge in [0.2, 0.25) is 0 Å². The van der Waals surface area contributed by atoms with Gasteiger partial charge in [-0.3, -0.25) is 4.99 Å². The number of benzene rings is 1. The fourth-order valence-corrected chi connectivity index (χ4v) is 3.29. The van der Waals surface area contributed by atoms with Gasteiger partial charge >= 0.3 is 0 Å². The predicted octanol–water partition coefficient (Wildman–Crippen LogP) is 2.74. The van der Waals surface area contributed by atoms with Crippen molar-refractivity contribution in [2.75, 3.05) is 38.2 Å². The fraction of sp³-hybridized carbons (Fsp3) is 0.429. The molecule has 1 aliphatic rings. The summed E-state index contributed by atoms with van der Waals surface area (Å²) < 4.78 is 0. The standard InChI is InChI=1S/C21H29N5O.HI/c1-22-21(25-15-19(16-27)18-7-3-2-4-8-18)24-14-17-9-10-20(23-13-17)26-11-5-6-12-26;/h2-4,7-10,13,19,27H,5-6,11-12,14-16H2,1H3,(H2,22,24,25);1H. The van der Waals surface area contributed by atoms with Crippen molar-refractivity contribution in [3.8, 4) is 0 Å². The second-order valence-corrected chi connectivity index (χ2v) is 6.82. The van der Waals surface area contributed by atoms with Crippen LogP contribution in [0.4, 0.5) is 5.82 Å². The summed E-state index contributed by atoms with van der Waals surface area (Å²) in [5.74, 6) is 1.81. The quantitative estimate of drug-likeness (QED) is 0.313. The molecule has 0 bridgehead atoms. The van der Waals surface area contributed by atoms with Gasteiger partial charge in [-0.05, 0) is 30.0 Å². The topological polar surface area (TPSA) is 72.8 Å². The normalized spacial score (nSPS) is 15.1. The molecule has 0 spiro atoms. The van der Waals surface area contributed by atoms with Crippen molar-refractivity contribution in [3.63, 3.8) is 0 Å². The molecule has 1 unspecified atom stereocenters. The van der Waals surface area contributed by atoms with Crippen LogP contribution in [0, 0.1) is 0 Å². The van der Waals surface area contributed by atoms with Gasteiger partial charge in [0.15, 0.2) is 5.96 Å². The van der Waals surface area contributed by atoms with Crippen LogP contribution in [0.3, 0.4) is 0 Å². The third-order valence-corrected chi connectivity index (χ3v) is 4.93. The Kier molecular flexibility index (Phi) is 9.49. The minimum Gasteiger partial charge on any atom is -0.396 e. The van der Waals surface area contributed by atoms with Crippen LogP contribution in [0.2, 0.25) is 0 Å². The third-order valence-electron chi connectivity index (χ3n) is 4.93. The van der Waals surface area contributed by atoms with E-state index in [1.807, 2.05) is 36.5 Å². The summed E-state index contributed by atoms with van der Waals surface area (Å²) >= 11 is 0. The molecule has 0 aliphatic carbocycles. The number of aromatic nitrogens is 1. The average Bonchev–Trinajstić information content (AvgIpc) is 3.27. The number of halogens is 1. The van der Waals surface area contributed by atoms with Crippen molar-refractivity contribution in [2.45, 2.75) is 25.3 Å². The molecule has 2 aromatic rings. The lowest BCUT2D eigenvalue weighted by Crippen LogP contribution is -2.39. The van der Waals surface area contributed by atoms with Crippen LogP contribution < -0.4 is 15.5 Å². The van der Waals surface area contributed by atoms with Crippen LogP contribution in [0.15, 0.2) is 53.7 Å². The van der Waals surface area contributed by atoms with E-state index in [0.29, 0.717) is 19.0 Å². The Morgan fingerprint density at radius 2 is 1.89 bits per heavy atom. The Morgan fingerprint density at radius 3 is 2.50 bits per heavy atom. The van der Waals surface area contributed by atoms with Crippen LogP contribution in [-0.4, -0.2) is 49.3 Å². The zero-order valence-corrected chi connectivity index (χ0v) is 18.7. The number of aliphatic hydroxyl groups is 1. The molecule has 6 nitrogen and oxygen atoms in total. The minimum absolute atomic E-state index is 0. The van der Waals surface area contributed by atoms with Crippen molar-refractivity contribution in [2.24, 2.45) is 4.99 Å². The van der Waals surface area contributed by atoms with Crippen LogP contribution in [0.1, 0.15) is 29.9 Å². The highest BCUT2D eigenvalue weighted by molar-refractivity contribution is 14.0. The summed E-state index contributed by atoms with van der Waals surface area (Å²) in [6.45, 7) is 3.58. The van der Waals surface area contributed by atoms with Gasteiger partial charge in [-0.15, -0.1) is 24.0 Å². The molecule has 152 valence electrons. The first-order chi connectivity index (χ1) is 13.3. The highest BCUT2D eigenvalue weighted by atomic mass is 127. The van der Waals surface area contributed by atoms with Gasteiger partial charge in [0.25, 0.3) is 0 Å². The van der Waals surface area contributed by atoms with E-state index in [1.165, 1.54) is 12.8 Å². The lowest BCUT2D eigenvalue weighted by atomic mass is 10.0. The summed E-state index contributed by atoms with van der Waals surface area (Å²) in [4.78, 5) is 11.2. The van der Waals surface area contributed by atoms with Gasteiger partial charge < -0.3 is 20.6 Å². The molecule has 0 radical (unpaired) electrons. The van der Waals surface area contributed by atoms with E-state index in [-0.39, 0.29) is 36.5 Å². The van der Waals surface area contributed by atoms with E-state index < -0.39 is 0 Å². The molecule has 3 rings (SSSR count). The van der Waals surface area contributed by atoms with Gasteiger partial charge in [-0.1, -0.05) is 36.4 Å².